The van der Waals surface area contributed by atoms with Crippen LogP contribution in [0.4, 0.5) is 0 Å². The number of furan rings is 1. The number of hydrogen-bond donors (Lipinski definition) is 1. The lowest BCUT2D eigenvalue weighted by molar-refractivity contribution is -0.116. The van der Waals surface area contributed by atoms with Crippen molar-refractivity contribution in [2.24, 2.45) is 5.11 Å². The molecule has 0 aliphatic heterocycles. The first-order valence-electron chi connectivity index (χ1n) is 5.33. The summed E-state index contributed by atoms with van der Waals surface area (Å²) in [5, 5.41) is 6.12. The topological polar surface area (TPSA) is 91.0 Å². The molecule has 0 bridgehead atoms. The molecule has 0 saturated carbocycles. The number of carbonyl (C=O) groups is 1. The Bertz CT molecular complexity index is 405. The summed E-state index contributed by atoms with van der Waals surface area (Å²) in [6.45, 7) is 1.04. The van der Waals surface area contributed by atoms with E-state index in [0.29, 0.717) is 18.8 Å². The summed E-state index contributed by atoms with van der Waals surface area (Å²) in [4.78, 5) is 13.9. The Balaban J connectivity index is 2.11. The predicted molar refractivity (Wildman–Crippen MR) is 64.0 cm³/mol. The maximum Gasteiger partial charge on any atom is 0.244 e. The van der Waals surface area contributed by atoms with E-state index in [2.05, 4.69) is 15.3 Å². The Kier molecular flexibility index (Phi) is 6.06. The molecular weight excluding hydrogens is 220 g/mol. The van der Waals surface area contributed by atoms with Gasteiger partial charge in [0.15, 0.2) is 0 Å². The first kappa shape index (κ1) is 12.9. The Morgan fingerprint density at radius 2 is 2.47 bits per heavy atom. The highest BCUT2D eigenvalue weighted by molar-refractivity contribution is 5.91. The lowest BCUT2D eigenvalue weighted by atomic mass is 10.3. The Morgan fingerprint density at radius 3 is 3.18 bits per heavy atom. The van der Waals surface area contributed by atoms with E-state index in [1.165, 1.54) is 6.08 Å². The van der Waals surface area contributed by atoms with Crippen molar-refractivity contribution >= 4 is 12.0 Å². The van der Waals surface area contributed by atoms with E-state index in [1.54, 1.807) is 24.5 Å². The molecule has 0 aromatic carbocycles. The van der Waals surface area contributed by atoms with Crippen LogP contribution in [-0.2, 0) is 4.79 Å². The highest BCUT2D eigenvalue weighted by Gasteiger charge is 1.95. The Morgan fingerprint density at radius 1 is 1.59 bits per heavy atom. The van der Waals surface area contributed by atoms with Gasteiger partial charge in [-0.3, -0.25) is 4.79 Å². The van der Waals surface area contributed by atoms with E-state index in [0.717, 1.165) is 12.8 Å². The van der Waals surface area contributed by atoms with Crippen molar-refractivity contribution in [3.63, 3.8) is 0 Å². The number of nitrogens with zero attached hydrogens (tertiary/aromatic N) is 3. The van der Waals surface area contributed by atoms with Crippen molar-refractivity contribution in [3.8, 4) is 0 Å². The summed E-state index contributed by atoms with van der Waals surface area (Å²) >= 11 is 0. The molecule has 0 fully saturated rings. The van der Waals surface area contributed by atoms with Crippen molar-refractivity contribution in [2.45, 2.75) is 12.8 Å². The molecular formula is C11H14N4O2. The third-order valence-corrected chi connectivity index (χ3v) is 1.99. The third kappa shape index (κ3) is 6.06. The van der Waals surface area contributed by atoms with Crippen LogP contribution < -0.4 is 5.32 Å². The SMILES string of the molecule is [N-]=[N+]=NCCCCNC(=O)/C=C/c1ccco1. The molecule has 1 rings (SSSR count). The summed E-state index contributed by atoms with van der Waals surface area (Å²) in [7, 11) is 0. The maximum absolute atomic E-state index is 11.3. The summed E-state index contributed by atoms with van der Waals surface area (Å²) in [5.41, 5.74) is 8.04. The van der Waals surface area contributed by atoms with E-state index in [9.17, 15) is 4.79 Å². The zero-order valence-electron chi connectivity index (χ0n) is 9.37. The number of nitrogens with one attached hydrogen (secondary N) is 1. The third-order valence-electron chi connectivity index (χ3n) is 1.99. The molecule has 90 valence electrons. The maximum atomic E-state index is 11.3. The van der Waals surface area contributed by atoms with Crippen molar-refractivity contribution in [1.82, 2.24) is 5.32 Å². The average molecular weight is 234 g/mol. The number of carbonyl (C=O) groups excluding carboxylic acids is 1. The molecule has 1 N–H and O–H groups in total. The smallest absolute Gasteiger partial charge is 0.244 e. The molecule has 0 unspecified atom stereocenters. The van der Waals surface area contributed by atoms with Crippen LogP contribution in [0.2, 0.25) is 0 Å². The van der Waals surface area contributed by atoms with Gasteiger partial charge in [0.1, 0.15) is 5.76 Å². The molecule has 17 heavy (non-hydrogen) atoms. The molecule has 0 aliphatic rings. The second-order valence-electron chi connectivity index (χ2n) is 3.30. The van der Waals surface area contributed by atoms with Crippen LogP contribution in [0.25, 0.3) is 16.5 Å². The highest BCUT2D eigenvalue weighted by Crippen LogP contribution is 2.01. The van der Waals surface area contributed by atoms with Crippen molar-refractivity contribution in [3.05, 3.63) is 40.7 Å². The molecule has 6 heteroatoms. The number of rotatable bonds is 7. The monoisotopic (exact) mass is 234 g/mol. The zero-order chi connectivity index (χ0) is 12.3. The molecule has 1 aromatic heterocycles. The molecule has 6 nitrogen and oxygen atoms in total. The second-order valence-corrected chi connectivity index (χ2v) is 3.30. The van der Waals surface area contributed by atoms with Crippen LogP contribution in [0, 0.1) is 0 Å². The second kappa shape index (κ2) is 8.01. The van der Waals surface area contributed by atoms with Gasteiger partial charge in [-0.1, -0.05) is 5.11 Å². The van der Waals surface area contributed by atoms with Crippen molar-refractivity contribution in [2.75, 3.05) is 13.1 Å². The van der Waals surface area contributed by atoms with Crippen molar-refractivity contribution < 1.29 is 9.21 Å². The van der Waals surface area contributed by atoms with Crippen LogP contribution in [0.5, 0.6) is 0 Å². The molecule has 0 spiro atoms. The lowest BCUT2D eigenvalue weighted by Gasteiger charge is -1.99. The van der Waals surface area contributed by atoms with Gasteiger partial charge in [0.05, 0.1) is 6.26 Å². The molecule has 1 amide bonds. The molecule has 0 radical (unpaired) electrons. The molecule has 0 saturated heterocycles. The van der Waals surface area contributed by atoms with E-state index >= 15 is 0 Å². The summed E-state index contributed by atoms with van der Waals surface area (Å²) < 4.78 is 5.04. The summed E-state index contributed by atoms with van der Waals surface area (Å²) in [6.07, 6.45) is 6.14. The van der Waals surface area contributed by atoms with Crippen LogP contribution in [0.3, 0.4) is 0 Å². The fourth-order valence-corrected chi connectivity index (χ4v) is 1.17. The van der Waals surface area contributed by atoms with Gasteiger partial charge in [0.2, 0.25) is 5.91 Å². The number of hydrogen-bond acceptors (Lipinski definition) is 3. The van der Waals surface area contributed by atoms with Crippen LogP contribution in [0.15, 0.2) is 34.0 Å². The van der Waals surface area contributed by atoms with Crippen LogP contribution >= 0.6 is 0 Å². The molecule has 0 atom stereocenters. The van der Waals surface area contributed by atoms with Crippen LogP contribution in [-0.4, -0.2) is 19.0 Å². The molecule has 1 aromatic rings. The van der Waals surface area contributed by atoms with Gasteiger partial charge in [0.25, 0.3) is 0 Å². The highest BCUT2D eigenvalue weighted by atomic mass is 16.3. The van der Waals surface area contributed by atoms with Gasteiger partial charge in [-0.2, -0.15) is 0 Å². The number of azide groups is 1. The number of unbranched alkanes of at least 4 members (excludes halogenated alkanes) is 1. The minimum atomic E-state index is -0.162. The van der Waals surface area contributed by atoms with E-state index in [-0.39, 0.29) is 5.91 Å². The molecule has 1 heterocycles. The Hall–Kier alpha value is -2.20. The van der Waals surface area contributed by atoms with Gasteiger partial charge in [-0.15, -0.1) is 0 Å². The van der Waals surface area contributed by atoms with Crippen LogP contribution in [0.1, 0.15) is 18.6 Å². The van der Waals surface area contributed by atoms with Gasteiger partial charge in [-0.05, 0) is 36.6 Å². The average Bonchev–Trinajstić information content (AvgIpc) is 2.84. The Labute approximate surface area is 98.9 Å². The molecule has 0 aliphatic carbocycles. The van der Waals surface area contributed by atoms with E-state index < -0.39 is 0 Å². The fourth-order valence-electron chi connectivity index (χ4n) is 1.17. The van der Waals surface area contributed by atoms with Gasteiger partial charge in [-0.25, -0.2) is 0 Å². The standard InChI is InChI=1S/C11H14N4O2/c12-15-14-8-2-1-7-13-11(16)6-5-10-4-3-9-17-10/h3-6,9H,1-2,7-8H2,(H,13,16)/b6-5+. The van der Waals surface area contributed by atoms with E-state index in [1.807, 2.05) is 0 Å². The van der Waals surface area contributed by atoms with E-state index in [4.69, 9.17) is 9.95 Å². The first-order chi connectivity index (χ1) is 8.33. The number of amides is 1. The quantitative estimate of drug-likeness (QED) is 0.258. The minimum Gasteiger partial charge on any atom is -0.465 e. The largest absolute Gasteiger partial charge is 0.465 e. The first-order valence-corrected chi connectivity index (χ1v) is 5.33. The fraction of sp³-hybridized carbons (Fsp3) is 0.364. The van der Waals surface area contributed by atoms with Gasteiger partial charge < -0.3 is 9.73 Å². The van der Waals surface area contributed by atoms with Crippen molar-refractivity contribution in [1.29, 1.82) is 0 Å². The lowest BCUT2D eigenvalue weighted by Crippen LogP contribution is -2.22. The minimum absolute atomic E-state index is 0.162. The zero-order valence-corrected chi connectivity index (χ0v) is 9.37. The van der Waals surface area contributed by atoms with Gasteiger partial charge >= 0.3 is 0 Å². The summed E-state index contributed by atoms with van der Waals surface area (Å²) in [6, 6.07) is 3.52. The predicted octanol–water partition coefficient (Wildman–Crippen LogP) is 2.50. The summed E-state index contributed by atoms with van der Waals surface area (Å²) in [5.74, 6) is 0.480. The normalized spacial score (nSPS) is 10.1. The van der Waals surface area contributed by atoms with Gasteiger partial charge in [0, 0.05) is 24.1 Å².